The first-order valence-corrected chi connectivity index (χ1v) is 9.51. The van der Waals surface area contributed by atoms with Gasteiger partial charge in [-0.1, -0.05) is 13.8 Å². The highest BCUT2D eigenvalue weighted by Crippen LogP contribution is 2.27. The van der Waals surface area contributed by atoms with Gasteiger partial charge in [0.15, 0.2) is 5.65 Å². The van der Waals surface area contributed by atoms with E-state index in [-0.39, 0.29) is 12.0 Å². The molecule has 156 valence electrons. The number of nitrogens with one attached hydrogen (secondary N) is 4. The van der Waals surface area contributed by atoms with Gasteiger partial charge in [0.1, 0.15) is 11.6 Å². The largest absolute Gasteiger partial charge is 0.396 e. The third-order valence-corrected chi connectivity index (χ3v) is 4.48. The Labute approximate surface area is 168 Å². The number of aliphatic hydroxyl groups excluding tert-OH is 1. The van der Waals surface area contributed by atoms with Crippen LogP contribution in [0.3, 0.4) is 0 Å². The first-order valence-electron chi connectivity index (χ1n) is 9.51. The van der Waals surface area contributed by atoms with Crippen molar-refractivity contribution in [2.75, 3.05) is 23.8 Å². The lowest BCUT2D eigenvalue weighted by atomic mass is 9.95. The molecule has 2 aromatic rings. The number of nitrogens with zero attached hydrogens (tertiary/aromatic N) is 3. The molecule has 0 aliphatic heterocycles. The summed E-state index contributed by atoms with van der Waals surface area (Å²) in [5.74, 6) is 1.49. The normalized spacial score (nSPS) is 14.6. The van der Waals surface area contributed by atoms with Crippen LogP contribution in [0.2, 0.25) is 0 Å². The fourth-order valence-electron chi connectivity index (χ4n) is 2.64. The summed E-state index contributed by atoms with van der Waals surface area (Å²) in [5, 5.41) is 25.3. The SMILES string of the molecule is C/C(=C/c1cnn2c(NC3CC3)cc(NCC(C)(C)CO)nc12)NC(=O)NC=O. The van der Waals surface area contributed by atoms with E-state index in [4.69, 9.17) is 0 Å². The standard InChI is InChI=1S/C19H27N7O3/c1-12(23-18(29)21-11-28)6-13-8-22-26-16(24-14-4-5-14)7-15(25-17(13)26)20-9-19(2,3)10-27/h6-8,11,14,24,27H,4-5,9-10H2,1-3H3,(H,20,25)(H2,21,23,28,29)/b12-6-. The van der Waals surface area contributed by atoms with E-state index >= 15 is 0 Å². The molecule has 1 aliphatic rings. The van der Waals surface area contributed by atoms with E-state index in [1.165, 1.54) is 0 Å². The third kappa shape index (κ3) is 5.44. The summed E-state index contributed by atoms with van der Waals surface area (Å²) in [7, 11) is 0. The van der Waals surface area contributed by atoms with E-state index in [1.807, 2.05) is 25.2 Å². The van der Waals surface area contributed by atoms with Gasteiger partial charge in [0, 0.05) is 41.9 Å². The number of carbonyl (C=O) groups is 2. The molecule has 3 rings (SSSR count). The molecular weight excluding hydrogens is 374 g/mol. The summed E-state index contributed by atoms with van der Waals surface area (Å²) in [4.78, 5) is 26.6. The Kier molecular flexibility index (Phi) is 6.02. The third-order valence-electron chi connectivity index (χ3n) is 4.48. The minimum atomic E-state index is -0.608. The lowest BCUT2D eigenvalue weighted by Gasteiger charge is -2.22. The zero-order chi connectivity index (χ0) is 21.0. The van der Waals surface area contributed by atoms with Crippen LogP contribution in [-0.4, -0.2) is 51.3 Å². The van der Waals surface area contributed by atoms with Gasteiger partial charge in [0.2, 0.25) is 6.41 Å². The van der Waals surface area contributed by atoms with Gasteiger partial charge in [0.25, 0.3) is 0 Å². The Morgan fingerprint density at radius 1 is 1.41 bits per heavy atom. The van der Waals surface area contributed by atoms with Gasteiger partial charge in [-0.05, 0) is 25.8 Å². The summed E-state index contributed by atoms with van der Waals surface area (Å²) in [6.07, 6.45) is 5.97. The van der Waals surface area contributed by atoms with Crippen LogP contribution in [0.4, 0.5) is 16.4 Å². The van der Waals surface area contributed by atoms with Crippen LogP contribution < -0.4 is 21.3 Å². The molecule has 2 heterocycles. The van der Waals surface area contributed by atoms with Crippen molar-refractivity contribution in [2.24, 2.45) is 5.41 Å². The number of anilines is 2. The van der Waals surface area contributed by atoms with Gasteiger partial charge in [-0.25, -0.2) is 9.78 Å². The van der Waals surface area contributed by atoms with Crippen LogP contribution in [-0.2, 0) is 4.79 Å². The number of aromatic nitrogens is 3. The van der Waals surface area contributed by atoms with E-state index in [0.29, 0.717) is 36.2 Å². The number of amides is 3. The number of hydrogen-bond acceptors (Lipinski definition) is 7. The van der Waals surface area contributed by atoms with Crippen molar-refractivity contribution >= 4 is 35.8 Å². The molecule has 10 heteroatoms. The molecule has 29 heavy (non-hydrogen) atoms. The zero-order valence-corrected chi connectivity index (χ0v) is 16.8. The number of fused-ring (bicyclic) bond motifs is 1. The quantitative estimate of drug-likeness (QED) is 0.403. The molecule has 0 saturated heterocycles. The number of carbonyl (C=O) groups excluding carboxylic acids is 2. The molecule has 1 aliphatic carbocycles. The summed E-state index contributed by atoms with van der Waals surface area (Å²) >= 11 is 0. The molecule has 1 fully saturated rings. The molecule has 0 unspecified atom stereocenters. The number of allylic oxidation sites excluding steroid dienone is 1. The predicted molar refractivity (Wildman–Crippen MR) is 110 cm³/mol. The zero-order valence-electron chi connectivity index (χ0n) is 16.8. The molecule has 5 N–H and O–H groups in total. The monoisotopic (exact) mass is 401 g/mol. The van der Waals surface area contributed by atoms with E-state index in [1.54, 1.807) is 23.7 Å². The molecule has 10 nitrogen and oxygen atoms in total. The van der Waals surface area contributed by atoms with E-state index in [2.05, 4.69) is 26.0 Å². The van der Waals surface area contributed by atoms with Crippen molar-refractivity contribution in [3.8, 4) is 0 Å². The Hall–Kier alpha value is -3.14. The van der Waals surface area contributed by atoms with Crippen molar-refractivity contribution in [1.29, 1.82) is 0 Å². The van der Waals surface area contributed by atoms with Gasteiger partial charge in [-0.15, -0.1) is 0 Å². The second-order valence-corrected chi connectivity index (χ2v) is 8.00. The van der Waals surface area contributed by atoms with Crippen molar-refractivity contribution in [1.82, 2.24) is 25.2 Å². The minimum Gasteiger partial charge on any atom is -0.396 e. The highest BCUT2D eigenvalue weighted by Gasteiger charge is 2.23. The molecule has 2 aromatic heterocycles. The Bertz CT molecular complexity index is 931. The number of imide groups is 1. The van der Waals surface area contributed by atoms with Crippen LogP contribution >= 0.6 is 0 Å². The van der Waals surface area contributed by atoms with Gasteiger partial charge in [-0.3, -0.25) is 10.1 Å². The predicted octanol–water partition coefficient (Wildman–Crippen LogP) is 1.55. The summed E-state index contributed by atoms with van der Waals surface area (Å²) in [6, 6.07) is 1.73. The van der Waals surface area contributed by atoms with Crippen LogP contribution in [0.25, 0.3) is 11.7 Å². The van der Waals surface area contributed by atoms with E-state index < -0.39 is 6.03 Å². The highest BCUT2D eigenvalue weighted by atomic mass is 16.3. The van der Waals surface area contributed by atoms with Crippen molar-refractivity contribution < 1.29 is 14.7 Å². The average Bonchev–Trinajstić information content (AvgIpc) is 3.40. The number of hydrogen-bond donors (Lipinski definition) is 5. The van der Waals surface area contributed by atoms with Crippen LogP contribution in [0.15, 0.2) is 18.0 Å². The molecule has 0 radical (unpaired) electrons. The molecular formula is C19H27N7O3. The first kappa shape index (κ1) is 20.6. The van der Waals surface area contributed by atoms with Crippen molar-refractivity contribution in [3.05, 3.63) is 23.5 Å². The fourth-order valence-corrected chi connectivity index (χ4v) is 2.64. The van der Waals surface area contributed by atoms with E-state index in [9.17, 15) is 14.7 Å². The smallest absolute Gasteiger partial charge is 0.325 e. The maximum absolute atomic E-state index is 11.5. The van der Waals surface area contributed by atoms with Gasteiger partial charge in [-0.2, -0.15) is 9.61 Å². The lowest BCUT2D eigenvalue weighted by Crippen LogP contribution is -2.33. The molecule has 3 amide bonds. The Morgan fingerprint density at radius 2 is 2.17 bits per heavy atom. The molecule has 0 spiro atoms. The molecule has 0 aromatic carbocycles. The van der Waals surface area contributed by atoms with Gasteiger partial charge in [0.05, 0.1) is 6.20 Å². The van der Waals surface area contributed by atoms with Crippen LogP contribution in [0, 0.1) is 5.41 Å². The number of rotatable bonds is 9. The highest BCUT2D eigenvalue weighted by molar-refractivity contribution is 5.86. The Balaban J connectivity index is 1.91. The second-order valence-electron chi connectivity index (χ2n) is 8.00. The van der Waals surface area contributed by atoms with Crippen LogP contribution in [0.5, 0.6) is 0 Å². The summed E-state index contributed by atoms with van der Waals surface area (Å²) in [5.41, 5.74) is 1.60. The van der Waals surface area contributed by atoms with E-state index in [0.717, 1.165) is 24.2 Å². The fraction of sp³-hybridized carbons (Fsp3) is 0.474. The number of urea groups is 1. The molecule has 1 saturated carbocycles. The first-order chi connectivity index (χ1) is 13.8. The van der Waals surface area contributed by atoms with Crippen molar-refractivity contribution in [2.45, 2.75) is 39.7 Å². The maximum atomic E-state index is 11.5. The summed E-state index contributed by atoms with van der Waals surface area (Å²) in [6.45, 7) is 6.26. The topological polar surface area (TPSA) is 133 Å². The average molecular weight is 401 g/mol. The number of aliphatic hydroxyl groups is 1. The van der Waals surface area contributed by atoms with Gasteiger partial charge >= 0.3 is 6.03 Å². The maximum Gasteiger partial charge on any atom is 0.325 e. The van der Waals surface area contributed by atoms with Crippen LogP contribution in [0.1, 0.15) is 39.2 Å². The molecule has 0 atom stereocenters. The lowest BCUT2D eigenvalue weighted by molar-refractivity contribution is -0.108. The minimum absolute atomic E-state index is 0.0593. The van der Waals surface area contributed by atoms with Gasteiger partial charge < -0.3 is 21.1 Å². The van der Waals surface area contributed by atoms with Crippen molar-refractivity contribution in [3.63, 3.8) is 0 Å². The second kappa shape index (κ2) is 8.48. The molecule has 0 bridgehead atoms. The summed E-state index contributed by atoms with van der Waals surface area (Å²) < 4.78 is 1.73. The Morgan fingerprint density at radius 3 is 2.83 bits per heavy atom.